The molecule has 0 spiro atoms. The van der Waals surface area contributed by atoms with Gasteiger partial charge in [0.25, 0.3) is 0 Å². The molecule has 0 atom stereocenters. The Kier molecular flexibility index (Phi) is 3.01. The third-order valence-corrected chi connectivity index (χ3v) is 3.58. The zero-order valence-electron chi connectivity index (χ0n) is 10.3. The highest BCUT2D eigenvalue weighted by Crippen LogP contribution is 2.30. The summed E-state index contributed by atoms with van der Waals surface area (Å²) in [5.74, 6) is 1.59. The molecular formula is C13H16N4O. The van der Waals surface area contributed by atoms with Crippen molar-refractivity contribution in [2.45, 2.75) is 44.6 Å². The molecule has 1 N–H and O–H groups in total. The van der Waals surface area contributed by atoms with E-state index >= 15 is 0 Å². The smallest absolute Gasteiger partial charge is 0.237 e. The molecule has 5 nitrogen and oxygen atoms in total. The molecule has 94 valence electrons. The summed E-state index contributed by atoms with van der Waals surface area (Å²) >= 11 is 0. The van der Waals surface area contributed by atoms with Crippen LogP contribution in [0.25, 0.3) is 0 Å². The Labute approximate surface area is 106 Å². The first-order valence-electron chi connectivity index (χ1n) is 6.57. The van der Waals surface area contributed by atoms with Crippen molar-refractivity contribution < 1.29 is 4.74 Å². The van der Waals surface area contributed by atoms with Gasteiger partial charge in [0.1, 0.15) is 11.9 Å². The van der Waals surface area contributed by atoms with Gasteiger partial charge in [-0.25, -0.2) is 4.98 Å². The van der Waals surface area contributed by atoms with E-state index in [1.54, 1.807) is 0 Å². The molecule has 1 fully saturated rings. The van der Waals surface area contributed by atoms with Crippen LogP contribution in [-0.4, -0.2) is 22.6 Å². The number of hydrogen-bond acceptors (Lipinski definition) is 5. The summed E-state index contributed by atoms with van der Waals surface area (Å²) in [5.41, 5.74) is 1.03. The summed E-state index contributed by atoms with van der Waals surface area (Å²) in [5, 5.41) is 12.4. The fourth-order valence-corrected chi connectivity index (χ4v) is 2.66. The Hall–Kier alpha value is -1.83. The first kappa shape index (κ1) is 11.3. The van der Waals surface area contributed by atoms with Crippen LogP contribution in [0.2, 0.25) is 0 Å². The lowest BCUT2D eigenvalue weighted by molar-refractivity contribution is 0.275. The first-order valence-corrected chi connectivity index (χ1v) is 6.57. The highest BCUT2D eigenvalue weighted by Gasteiger charge is 2.22. The molecular weight excluding hydrogens is 228 g/mol. The highest BCUT2D eigenvalue weighted by molar-refractivity contribution is 5.52. The van der Waals surface area contributed by atoms with Gasteiger partial charge in [0.05, 0.1) is 12.2 Å². The fraction of sp³-hybridized carbons (Fsp3) is 0.615. The van der Waals surface area contributed by atoms with E-state index in [1.807, 2.05) is 6.07 Å². The van der Waals surface area contributed by atoms with Gasteiger partial charge in [-0.05, 0) is 25.7 Å². The Balaban J connectivity index is 1.93. The predicted octanol–water partition coefficient (Wildman–Crippen LogP) is 2.03. The minimum absolute atomic E-state index is 0.191. The Morgan fingerprint density at radius 1 is 1.22 bits per heavy atom. The molecule has 1 aromatic rings. The number of aromatic nitrogens is 2. The van der Waals surface area contributed by atoms with Crippen LogP contribution in [0.1, 0.15) is 43.5 Å². The molecule has 0 amide bonds. The number of anilines is 1. The molecule has 1 aromatic heterocycles. The molecule has 18 heavy (non-hydrogen) atoms. The van der Waals surface area contributed by atoms with Gasteiger partial charge in [0.15, 0.2) is 0 Å². The lowest BCUT2D eigenvalue weighted by Crippen LogP contribution is -2.20. The molecule has 5 heteroatoms. The second-order valence-corrected chi connectivity index (χ2v) is 4.87. The summed E-state index contributed by atoms with van der Waals surface area (Å²) in [4.78, 5) is 8.44. The molecule has 2 heterocycles. The van der Waals surface area contributed by atoms with Gasteiger partial charge in [-0.2, -0.15) is 10.2 Å². The maximum atomic E-state index is 8.97. The lowest BCUT2D eigenvalue weighted by atomic mass is 10.1. The number of nitrogens with one attached hydrogen (secondary N) is 1. The molecule has 1 saturated carbocycles. The summed E-state index contributed by atoms with van der Waals surface area (Å²) in [6.07, 6.45) is 6.82. The Morgan fingerprint density at radius 3 is 2.83 bits per heavy atom. The van der Waals surface area contributed by atoms with Crippen LogP contribution in [0, 0.1) is 11.3 Å². The second kappa shape index (κ2) is 4.81. The summed E-state index contributed by atoms with van der Waals surface area (Å²) in [6, 6.07) is 2.48. The van der Waals surface area contributed by atoms with Gasteiger partial charge in [-0.3, -0.25) is 0 Å². The number of ether oxygens (including phenoxy) is 1. The molecule has 1 aliphatic heterocycles. The number of hydrogen-bond donors (Lipinski definition) is 1. The maximum Gasteiger partial charge on any atom is 0.237 e. The highest BCUT2D eigenvalue weighted by atomic mass is 16.5. The van der Waals surface area contributed by atoms with Gasteiger partial charge < -0.3 is 10.1 Å². The minimum atomic E-state index is 0.191. The van der Waals surface area contributed by atoms with Crippen molar-refractivity contribution in [3.8, 4) is 11.9 Å². The molecule has 0 unspecified atom stereocenters. The van der Waals surface area contributed by atoms with Crippen LogP contribution < -0.4 is 10.1 Å². The average Bonchev–Trinajstić information content (AvgIpc) is 2.91. The largest absolute Gasteiger partial charge is 0.477 e. The van der Waals surface area contributed by atoms with E-state index in [0.29, 0.717) is 18.5 Å². The van der Waals surface area contributed by atoms with Crippen molar-refractivity contribution in [3.05, 3.63) is 11.4 Å². The van der Waals surface area contributed by atoms with Crippen molar-refractivity contribution >= 4 is 5.82 Å². The zero-order valence-corrected chi connectivity index (χ0v) is 10.3. The van der Waals surface area contributed by atoms with Crippen LogP contribution in [0.4, 0.5) is 5.82 Å². The second-order valence-electron chi connectivity index (χ2n) is 4.87. The maximum absolute atomic E-state index is 8.97. The van der Waals surface area contributed by atoms with E-state index in [1.165, 1.54) is 25.7 Å². The van der Waals surface area contributed by atoms with Crippen LogP contribution in [-0.2, 0) is 6.42 Å². The van der Waals surface area contributed by atoms with Crippen LogP contribution >= 0.6 is 0 Å². The molecule has 3 rings (SSSR count). The number of fused-ring (bicyclic) bond motifs is 1. The van der Waals surface area contributed by atoms with Crippen molar-refractivity contribution in [1.29, 1.82) is 5.26 Å². The van der Waals surface area contributed by atoms with E-state index in [-0.39, 0.29) is 5.82 Å². The first-order chi connectivity index (χ1) is 8.86. The third kappa shape index (κ3) is 2.10. The molecule has 0 saturated heterocycles. The molecule has 2 aliphatic rings. The molecule has 0 bridgehead atoms. The van der Waals surface area contributed by atoms with Crippen LogP contribution in [0.5, 0.6) is 5.88 Å². The third-order valence-electron chi connectivity index (χ3n) is 3.58. The van der Waals surface area contributed by atoms with Gasteiger partial charge in [-0.15, -0.1) is 0 Å². The summed E-state index contributed by atoms with van der Waals surface area (Å²) < 4.78 is 5.53. The number of nitrogens with zero attached hydrogens (tertiary/aromatic N) is 3. The minimum Gasteiger partial charge on any atom is -0.477 e. The van der Waals surface area contributed by atoms with E-state index in [2.05, 4.69) is 15.3 Å². The molecule has 0 radical (unpaired) electrons. The van der Waals surface area contributed by atoms with E-state index in [0.717, 1.165) is 24.2 Å². The van der Waals surface area contributed by atoms with Crippen molar-refractivity contribution in [2.75, 3.05) is 11.9 Å². The quantitative estimate of drug-likeness (QED) is 0.861. The molecule has 1 aliphatic carbocycles. The van der Waals surface area contributed by atoms with Crippen molar-refractivity contribution in [1.82, 2.24) is 9.97 Å². The number of nitriles is 1. The Morgan fingerprint density at radius 2 is 2.06 bits per heavy atom. The van der Waals surface area contributed by atoms with Gasteiger partial charge in [0.2, 0.25) is 11.7 Å². The lowest BCUT2D eigenvalue weighted by Gasteiger charge is -2.21. The van der Waals surface area contributed by atoms with Crippen molar-refractivity contribution in [3.63, 3.8) is 0 Å². The monoisotopic (exact) mass is 244 g/mol. The van der Waals surface area contributed by atoms with E-state index < -0.39 is 0 Å². The summed E-state index contributed by atoms with van der Waals surface area (Å²) in [7, 11) is 0. The van der Waals surface area contributed by atoms with Gasteiger partial charge >= 0.3 is 0 Å². The predicted molar refractivity (Wildman–Crippen MR) is 66.4 cm³/mol. The standard InChI is InChI=1S/C13H16N4O/c14-8-11-16-12(15-9-4-1-2-5-9)10-6-3-7-18-13(10)17-11/h9H,1-7H2,(H,15,16,17). The number of rotatable bonds is 2. The van der Waals surface area contributed by atoms with Gasteiger partial charge in [-0.1, -0.05) is 12.8 Å². The Bertz CT molecular complexity index is 488. The van der Waals surface area contributed by atoms with Crippen LogP contribution in [0.15, 0.2) is 0 Å². The SMILES string of the molecule is N#Cc1nc(NC2CCCC2)c2c(n1)OCCC2. The van der Waals surface area contributed by atoms with Gasteiger partial charge in [0, 0.05) is 6.04 Å². The fourth-order valence-electron chi connectivity index (χ4n) is 2.66. The van der Waals surface area contributed by atoms with Crippen molar-refractivity contribution in [2.24, 2.45) is 0 Å². The van der Waals surface area contributed by atoms with Crippen LogP contribution in [0.3, 0.4) is 0 Å². The molecule has 0 aromatic carbocycles. The topological polar surface area (TPSA) is 70.8 Å². The average molecular weight is 244 g/mol. The van der Waals surface area contributed by atoms with E-state index in [4.69, 9.17) is 10.00 Å². The normalized spacial score (nSPS) is 18.8. The van der Waals surface area contributed by atoms with E-state index in [9.17, 15) is 0 Å². The zero-order chi connectivity index (χ0) is 12.4. The summed E-state index contributed by atoms with van der Waals surface area (Å²) in [6.45, 7) is 0.678.